The highest BCUT2D eigenvalue weighted by molar-refractivity contribution is 5.96. The highest BCUT2D eigenvalue weighted by atomic mass is 16.5. The van der Waals surface area contributed by atoms with Crippen LogP contribution in [0.1, 0.15) is 42.6 Å². The first kappa shape index (κ1) is 19.5. The number of aliphatic carboxylic acids is 1. The molecule has 0 aliphatic rings. The topological polar surface area (TPSA) is 75.6 Å². The molecule has 0 saturated heterocycles. The van der Waals surface area contributed by atoms with Crippen molar-refractivity contribution in [1.82, 2.24) is 5.32 Å². The van der Waals surface area contributed by atoms with Gasteiger partial charge in [-0.15, -0.1) is 0 Å². The highest BCUT2D eigenvalue weighted by Gasteiger charge is 2.35. The largest absolute Gasteiger partial charge is 0.489 e. The van der Waals surface area contributed by atoms with Crippen LogP contribution >= 0.6 is 0 Å². The van der Waals surface area contributed by atoms with E-state index < -0.39 is 11.4 Å². The van der Waals surface area contributed by atoms with Gasteiger partial charge in [-0.3, -0.25) is 9.59 Å². The van der Waals surface area contributed by atoms with Crippen molar-refractivity contribution in [2.75, 3.05) is 6.54 Å². The Bertz CT molecular complexity index is 739. The zero-order valence-corrected chi connectivity index (χ0v) is 15.2. The SMILES string of the molecule is CCC(CC)(CNC(=O)c1ccccc1COc1ccccc1)C(=O)O. The standard InChI is InChI=1S/C21H25NO4/c1-3-21(4-2,20(24)25)15-22-19(23)18-13-9-8-10-16(18)14-26-17-11-6-5-7-12-17/h5-13H,3-4,14-15H2,1-2H3,(H,22,23)(H,24,25). The van der Waals surface area contributed by atoms with Gasteiger partial charge in [0, 0.05) is 17.7 Å². The molecule has 2 rings (SSSR count). The van der Waals surface area contributed by atoms with E-state index >= 15 is 0 Å². The molecule has 0 aromatic heterocycles. The zero-order chi connectivity index (χ0) is 19.0. The van der Waals surface area contributed by atoms with Gasteiger partial charge in [0.05, 0.1) is 5.41 Å². The summed E-state index contributed by atoms with van der Waals surface area (Å²) in [5.41, 5.74) is 0.309. The minimum atomic E-state index is -0.939. The number of ether oxygens (including phenoxy) is 1. The van der Waals surface area contributed by atoms with Crippen LogP contribution < -0.4 is 10.1 Å². The second-order valence-electron chi connectivity index (χ2n) is 6.23. The van der Waals surface area contributed by atoms with Crippen LogP contribution in [0, 0.1) is 5.41 Å². The number of carboxylic acids is 1. The van der Waals surface area contributed by atoms with E-state index in [0.717, 1.165) is 11.3 Å². The molecule has 2 N–H and O–H groups in total. The molecule has 2 aromatic rings. The maximum atomic E-state index is 12.6. The fourth-order valence-corrected chi connectivity index (χ4v) is 2.77. The normalized spacial score (nSPS) is 11.0. The van der Waals surface area contributed by atoms with Gasteiger partial charge < -0.3 is 15.2 Å². The Morgan fingerprint density at radius 3 is 2.23 bits per heavy atom. The lowest BCUT2D eigenvalue weighted by atomic mass is 9.82. The predicted octanol–water partition coefficient (Wildman–Crippen LogP) is 3.89. The Balaban J connectivity index is 2.08. The number of nitrogens with one attached hydrogen (secondary N) is 1. The van der Waals surface area contributed by atoms with Gasteiger partial charge in [-0.1, -0.05) is 50.2 Å². The van der Waals surface area contributed by atoms with Gasteiger partial charge in [0.25, 0.3) is 5.91 Å². The van der Waals surface area contributed by atoms with E-state index in [1.165, 1.54) is 0 Å². The van der Waals surface area contributed by atoms with Gasteiger partial charge in [0.2, 0.25) is 0 Å². The number of carbonyl (C=O) groups is 2. The minimum absolute atomic E-state index is 0.0992. The molecule has 26 heavy (non-hydrogen) atoms. The number of carboxylic acid groups (broad SMARTS) is 1. The fourth-order valence-electron chi connectivity index (χ4n) is 2.77. The van der Waals surface area contributed by atoms with Crippen LogP contribution in [0.4, 0.5) is 0 Å². The average molecular weight is 355 g/mol. The second-order valence-corrected chi connectivity index (χ2v) is 6.23. The lowest BCUT2D eigenvalue weighted by Crippen LogP contribution is -2.42. The predicted molar refractivity (Wildman–Crippen MR) is 100 cm³/mol. The summed E-state index contributed by atoms with van der Waals surface area (Å²) < 4.78 is 5.73. The van der Waals surface area contributed by atoms with Crippen LogP contribution in [-0.2, 0) is 11.4 Å². The summed E-state index contributed by atoms with van der Waals surface area (Å²) in [7, 11) is 0. The van der Waals surface area contributed by atoms with Crippen LogP contribution in [0.15, 0.2) is 54.6 Å². The first-order chi connectivity index (χ1) is 12.5. The van der Waals surface area contributed by atoms with Gasteiger partial charge in [-0.2, -0.15) is 0 Å². The Morgan fingerprint density at radius 1 is 1.00 bits per heavy atom. The van der Waals surface area contributed by atoms with Gasteiger partial charge in [-0.05, 0) is 31.0 Å². The molecule has 0 heterocycles. The highest BCUT2D eigenvalue weighted by Crippen LogP contribution is 2.26. The molecule has 1 amide bonds. The van der Waals surface area contributed by atoms with E-state index in [9.17, 15) is 14.7 Å². The molecule has 0 fully saturated rings. The van der Waals surface area contributed by atoms with Crippen molar-refractivity contribution in [3.63, 3.8) is 0 Å². The number of para-hydroxylation sites is 1. The molecule has 0 aliphatic heterocycles. The van der Waals surface area contributed by atoms with Crippen LogP contribution in [-0.4, -0.2) is 23.5 Å². The summed E-state index contributed by atoms with van der Waals surface area (Å²) >= 11 is 0. The number of rotatable bonds is 9. The van der Waals surface area contributed by atoms with Crippen molar-refractivity contribution in [1.29, 1.82) is 0 Å². The molecule has 138 valence electrons. The van der Waals surface area contributed by atoms with E-state index in [4.69, 9.17) is 4.74 Å². The molecule has 0 radical (unpaired) electrons. The van der Waals surface area contributed by atoms with E-state index in [1.807, 2.05) is 56.3 Å². The summed E-state index contributed by atoms with van der Waals surface area (Å²) in [5.74, 6) is -0.446. The van der Waals surface area contributed by atoms with Crippen molar-refractivity contribution in [3.05, 3.63) is 65.7 Å². The second kappa shape index (κ2) is 9.04. The number of amides is 1. The monoisotopic (exact) mass is 355 g/mol. The smallest absolute Gasteiger partial charge is 0.311 e. The third-order valence-electron chi connectivity index (χ3n) is 4.79. The van der Waals surface area contributed by atoms with Crippen molar-refractivity contribution in [3.8, 4) is 5.75 Å². The number of benzene rings is 2. The Labute approximate surface area is 154 Å². The van der Waals surface area contributed by atoms with Crippen molar-refractivity contribution in [2.24, 2.45) is 5.41 Å². The lowest BCUT2D eigenvalue weighted by molar-refractivity contribution is -0.149. The molecule has 0 atom stereocenters. The average Bonchev–Trinajstić information content (AvgIpc) is 2.68. The maximum Gasteiger partial charge on any atom is 0.311 e. The Kier molecular flexibility index (Phi) is 6.78. The minimum Gasteiger partial charge on any atom is -0.489 e. The number of carbonyl (C=O) groups excluding carboxylic acids is 1. The summed E-state index contributed by atoms with van der Waals surface area (Å²) in [6.07, 6.45) is 0.912. The van der Waals surface area contributed by atoms with Crippen molar-refractivity contribution < 1.29 is 19.4 Å². The molecular weight excluding hydrogens is 330 g/mol. The number of hydrogen-bond acceptors (Lipinski definition) is 3. The molecule has 0 saturated carbocycles. The zero-order valence-electron chi connectivity index (χ0n) is 15.2. The van der Waals surface area contributed by atoms with Crippen LogP contribution in [0.25, 0.3) is 0 Å². The molecule has 0 spiro atoms. The van der Waals surface area contributed by atoms with E-state index in [-0.39, 0.29) is 19.1 Å². The molecule has 0 bridgehead atoms. The molecular formula is C21H25NO4. The quantitative estimate of drug-likeness (QED) is 0.716. The van der Waals surface area contributed by atoms with Crippen LogP contribution in [0.5, 0.6) is 5.75 Å². The molecule has 0 unspecified atom stereocenters. The maximum absolute atomic E-state index is 12.6. The Hall–Kier alpha value is -2.82. The fraction of sp³-hybridized carbons (Fsp3) is 0.333. The van der Waals surface area contributed by atoms with Gasteiger partial charge in [0.15, 0.2) is 0 Å². The van der Waals surface area contributed by atoms with E-state index in [2.05, 4.69) is 5.32 Å². The van der Waals surface area contributed by atoms with Gasteiger partial charge >= 0.3 is 5.97 Å². The van der Waals surface area contributed by atoms with Gasteiger partial charge in [-0.25, -0.2) is 0 Å². The van der Waals surface area contributed by atoms with E-state index in [1.54, 1.807) is 12.1 Å². The summed E-state index contributed by atoms with van der Waals surface area (Å²) in [4.78, 5) is 24.2. The summed E-state index contributed by atoms with van der Waals surface area (Å²) in [5, 5.41) is 12.3. The third kappa shape index (κ3) is 4.63. The molecule has 5 nitrogen and oxygen atoms in total. The van der Waals surface area contributed by atoms with E-state index in [0.29, 0.717) is 18.4 Å². The number of hydrogen-bond donors (Lipinski definition) is 2. The first-order valence-electron chi connectivity index (χ1n) is 8.79. The Morgan fingerprint density at radius 2 is 1.62 bits per heavy atom. The van der Waals surface area contributed by atoms with Gasteiger partial charge in [0.1, 0.15) is 12.4 Å². The molecule has 0 aliphatic carbocycles. The van der Waals surface area contributed by atoms with Crippen LogP contribution in [0.3, 0.4) is 0 Å². The van der Waals surface area contributed by atoms with Crippen LogP contribution in [0.2, 0.25) is 0 Å². The lowest BCUT2D eigenvalue weighted by Gasteiger charge is -2.27. The summed E-state index contributed by atoms with van der Waals surface area (Å²) in [6, 6.07) is 16.6. The van der Waals surface area contributed by atoms with Crippen molar-refractivity contribution >= 4 is 11.9 Å². The summed E-state index contributed by atoms with van der Waals surface area (Å²) in [6.45, 7) is 4.01. The third-order valence-corrected chi connectivity index (χ3v) is 4.79. The van der Waals surface area contributed by atoms with Crippen molar-refractivity contribution in [2.45, 2.75) is 33.3 Å². The molecule has 5 heteroatoms. The molecule has 2 aromatic carbocycles. The first-order valence-corrected chi connectivity index (χ1v) is 8.79.